The summed E-state index contributed by atoms with van der Waals surface area (Å²) < 4.78 is 0. The van der Waals surface area contributed by atoms with Crippen molar-refractivity contribution in [3.63, 3.8) is 0 Å². The van der Waals surface area contributed by atoms with Gasteiger partial charge in [-0.3, -0.25) is 9.69 Å². The Hall–Kier alpha value is -1.35. The van der Waals surface area contributed by atoms with Crippen molar-refractivity contribution in [1.29, 1.82) is 0 Å². The van der Waals surface area contributed by atoms with Crippen LogP contribution in [0.2, 0.25) is 0 Å². The summed E-state index contributed by atoms with van der Waals surface area (Å²) in [5, 5.41) is 3.06. The van der Waals surface area contributed by atoms with Crippen molar-refractivity contribution in [2.45, 2.75) is 52.1 Å². The first-order chi connectivity index (χ1) is 9.66. The lowest BCUT2D eigenvalue weighted by molar-refractivity contribution is -0.126. The van der Waals surface area contributed by atoms with Gasteiger partial charge in [-0.2, -0.15) is 0 Å². The predicted molar refractivity (Wildman–Crippen MR) is 82.5 cm³/mol. The van der Waals surface area contributed by atoms with Crippen molar-refractivity contribution < 1.29 is 4.79 Å². The Labute approximate surface area is 122 Å². The fraction of sp³-hybridized carbons (Fsp3) is 0.588. The fourth-order valence-corrected chi connectivity index (χ4v) is 2.69. The number of amides is 1. The molecule has 0 saturated carbocycles. The quantitative estimate of drug-likeness (QED) is 0.915. The highest BCUT2D eigenvalue weighted by atomic mass is 16.2. The summed E-state index contributed by atoms with van der Waals surface area (Å²) in [4.78, 5) is 14.6. The Morgan fingerprint density at radius 2 is 1.75 bits per heavy atom. The van der Waals surface area contributed by atoms with Gasteiger partial charge in [0.15, 0.2) is 0 Å². The number of carbonyl (C=O) groups excluding carboxylic acids is 1. The summed E-state index contributed by atoms with van der Waals surface area (Å²) in [6.07, 6.45) is 5.04. The molecule has 1 saturated heterocycles. The second kappa shape index (κ2) is 7.44. The van der Waals surface area contributed by atoms with E-state index in [4.69, 9.17) is 0 Å². The summed E-state index contributed by atoms with van der Waals surface area (Å²) in [7, 11) is 0. The minimum absolute atomic E-state index is 0.0152. The van der Waals surface area contributed by atoms with Gasteiger partial charge >= 0.3 is 0 Å². The molecule has 1 amide bonds. The molecule has 1 heterocycles. The minimum Gasteiger partial charge on any atom is -0.351 e. The van der Waals surface area contributed by atoms with Crippen LogP contribution in [0.4, 0.5) is 0 Å². The molecule has 1 N–H and O–H groups in total. The zero-order valence-electron chi connectivity index (χ0n) is 12.7. The maximum absolute atomic E-state index is 12.2. The number of carbonyl (C=O) groups is 1. The van der Waals surface area contributed by atoms with E-state index in [-0.39, 0.29) is 11.9 Å². The Morgan fingerprint density at radius 3 is 2.35 bits per heavy atom. The Morgan fingerprint density at radius 1 is 1.15 bits per heavy atom. The first kappa shape index (κ1) is 15.0. The van der Waals surface area contributed by atoms with Crippen LogP contribution in [0.5, 0.6) is 0 Å². The van der Waals surface area contributed by atoms with Gasteiger partial charge in [-0.25, -0.2) is 0 Å². The molecule has 0 aromatic heterocycles. The molecule has 1 fully saturated rings. The smallest absolute Gasteiger partial charge is 0.237 e. The van der Waals surface area contributed by atoms with Crippen LogP contribution >= 0.6 is 0 Å². The molecule has 3 heteroatoms. The van der Waals surface area contributed by atoms with E-state index >= 15 is 0 Å². The van der Waals surface area contributed by atoms with Gasteiger partial charge in [0.25, 0.3) is 0 Å². The van der Waals surface area contributed by atoms with Gasteiger partial charge in [0.2, 0.25) is 5.91 Å². The van der Waals surface area contributed by atoms with E-state index in [1.54, 1.807) is 0 Å². The van der Waals surface area contributed by atoms with E-state index in [1.165, 1.54) is 31.2 Å². The van der Waals surface area contributed by atoms with Gasteiger partial charge in [-0.05, 0) is 45.3 Å². The molecule has 1 atom stereocenters. The molecule has 2 rings (SSSR count). The maximum Gasteiger partial charge on any atom is 0.237 e. The third kappa shape index (κ3) is 4.34. The molecule has 110 valence electrons. The second-order valence-corrected chi connectivity index (χ2v) is 5.83. The van der Waals surface area contributed by atoms with Crippen LogP contribution in [-0.4, -0.2) is 29.9 Å². The lowest BCUT2D eigenvalue weighted by Crippen LogP contribution is -2.45. The number of nitrogens with one attached hydrogen (secondary N) is 1. The number of rotatable bonds is 4. The van der Waals surface area contributed by atoms with Crippen LogP contribution in [0.15, 0.2) is 24.3 Å². The van der Waals surface area contributed by atoms with Crippen LogP contribution in [0, 0.1) is 6.92 Å². The van der Waals surface area contributed by atoms with E-state index in [1.807, 2.05) is 6.92 Å². The van der Waals surface area contributed by atoms with Gasteiger partial charge in [0.1, 0.15) is 0 Å². The molecule has 0 spiro atoms. The number of likely N-dealkylation sites (tertiary alicyclic amines) is 1. The molecule has 1 aliphatic heterocycles. The SMILES string of the molecule is Cc1ccc(CNC(=O)[C@H](C)N2CCCCCC2)cc1. The van der Waals surface area contributed by atoms with Crippen LogP contribution in [-0.2, 0) is 11.3 Å². The van der Waals surface area contributed by atoms with Crippen molar-refractivity contribution in [3.8, 4) is 0 Å². The van der Waals surface area contributed by atoms with E-state index in [0.717, 1.165) is 18.7 Å². The predicted octanol–water partition coefficient (Wildman–Crippen LogP) is 2.88. The maximum atomic E-state index is 12.2. The van der Waals surface area contributed by atoms with Crippen LogP contribution in [0.25, 0.3) is 0 Å². The third-order valence-electron chi connectivity index (χ3n) is 4.16. The highest BCUT2D eigenvalue weighted by Gasteiger charge is 2.21. The first-order valence-corrected chi connectivity index (χ1v) is 7.74. The fourth-order valence-electron chi connectivity index (χ4n) is 2.69. The lowest BCUT2D eigenvalue weighted by Gasteiger charge is -2.26. The van der Waals surface area contributed by atoms with Gasteiger partial charge in [0.05, 0.1) is 6.04 Å². The third-order valence-corrected chi connectivity index (χ3v) is 4.16. The van der Waals surface area contributed by atoms with Gasteiger partial charge < -0.3 is 5.32 Å². The number of hydrogen-bond donors (Lipinski definition) is 1. The molecule has 0 bridgehead atoms. The van der Waals surface area contributed by atoms with Gasteiger partial charge in [0, 0.05) is 6.54 Å². The van der Waals surface area contributed by atoms with Crippen molar-refractivity contribution >= 4 is 5.91 Å². The highest BCUT2D eigenvalue weighted by Crippen LogP contribution is 2.12. The summed E-state index contributed by atoms with van der Waals surface area (Å²) in [6.45, 7) is 6.83. The normalized spacial score (nSPS) is 18.3. The molecule has 1 aliphatic rings. The van der Waals surface area contributed by atoms with Crippen molar-refractivity contribution in [1.82, 2.24) is 10.2 Å². The van der Waals surface area contributed by atoms with E-state index in [2.05, 4.69) is 41.4 Å². The Kier molecular flexibility index (Phi) is 5.60. The number of nitrogens with zero attached hydrogens (tertiary/aromatic N) is 1. The largest absolute Gasteiger partial charge is 0.351 e. The van der Waals surface area contributed by atoms with E-state index in [9.17, 15) is 4.79 Å². The van der Waals surface area contributed by atoms with Crippen LogP contribution in [0.1, 0.15) is 43.7 Å². The van der Waals surface area contributed by atoms with Gasteiger partial charge in [-0.15, -0.1) is 0 Å². The lowest BCUT2D eigenvalue weighted by atomic mass is 10.1. The summed E-state index contributed by atoms with van der Waals surface area (Å²) in [5.41, 5.74) is 2.41. The molecule has 3 nitrogen and oxygen atoms in total. The highest BCUT2D eigenvalue weighted by molar-refractivity contribution is 5.81. The van der Waals surface area contributed by atoms with Crippen LogP contribution in [0.3, 0.4) is 0 Å². The minimum atomic E-state index is -0.0152. The standard InChI is InChI=1S/C17H26N2O/c1-14-7-9-16(10-8-14)13-18-17(20)15(2)19-11-5-3-4-6-12-19/h7-10,15H,3-6,11-13H2,1-2H3,(H,18,20)/t15-/m0/s1. The molecular weight excluding hydrogens is 248 g/mol. The zero-order valence-corrected chi connectivity index (χ0v) is 12.7. The molecule has 1 aromatic carbocycles. The summed E-state index contributed by atoms with van der Waals surface area (Å²) in [6, 6.07) is 8.30. The molecule has 1 aromatic rings. The number of benzene rings is 1. The van der Waals surface area contributed by atoms with Crippen molar-refractivity contribution in [3.05, 3.63) is 35.4 Å². The molecule has 0 unspecified atom stereocenters. The zero-order chi connectivity index (χ0) is 14.4. The molecular formula is C17H26N2O. The summed E-state index contributed by atoms with van der Waals surface area (Å²) >= 11 is 0. The monoisotopic (exact) mass is 274 g/mol. The summed E-state index contributed by atoms with van der Waals surface area (Å²) in [5.74, 6) is 0.146. The first-order valence-electron chi connectivity index (χ1n) is 7.74. The Balaban J connectivity index is 1.82. The van der Waals surface area contributed by atoms with E-state index < -0.39 is 0 Å². The number of hydrogen-bond acceptors (Lipinski definition) is 2. The molecule has 0 aliphatic carbocycles. The molecule has 20 heavy (non-hydrogen) atoms. The van der Waals surface area contributed by atoms with Crippen molar-refractivity contribution in [2.24, 2.45) is 0 Å². The average molecular weight is 274 g/mol. The van der Waals surface area contributed by atoms with Crippen molar-refractivity contribution in [2.75, 3.05) is 13.1 Å². The van der Waals surface area contributed by atoms with Crippen LogP contribution < -0.4 is 5.32 Å². The second-order valence-electron chi connectivity index (χ2n) is 5.83. The Bertz CT molecular complexity index is 419. The van der Waals surface area contributed by atoms with Gasteiger partial charge in [-0.1, -0.05) is 42.7 Å². The van der Waals surface area contributed by atoms with E-state index in [0.29, 0.717) is 6.54 Å². The number of aryl methyl sites for hydroxylation is 1. The molecule has 0 radical (unpaired) electrons. The topological polar surface area (TPSA) is 32.3 Å². The average Bonchev–Trinajstić information content (AvgIpc) is 2.74.